The van der Waals surface area contributed by atoms with Crippen LogP contribution >= 0.6 is 0 Å². The van der Waals surface area contributed by atoms with E-state index in [1.165, 1.54) is 144 Å². The van der Waals surface area contributed by atoms with Crippen LogP contribution < -0.4 is 26.2 Å². The minimum atomic E-state index is -0.0894. The molecule has 2 aliphatic heterocycles. The van der Waals surface area contributed by atoms with Crippen LogP contribution in [0.15, 0.2) is 101 Å². The van der Waals surface area contributed by atoms with Crippen molar-refractivity contribution in [3.8, 4) is 11.1 Å². The summed E-state index contributed by atoms with van der Waals surface area (Å²) in [5, 5.41) is 1.22. The molecule has 1 aromatic heterocycles. The molecule has 4 aliphatic carbocycles. The molecular formula is C74H89BN2O. The quantitative estimate of drug-likeness (QED) is 0.164. The molecule has 78 heavy (non-hydrogen) atoms. The molecule has 6 aliphatic rings. The van der Waals surface area contributed by atoms with Crippen molar-refractivity contribution >= 4 is 68.4 Å². The van der Waals surface area contributed by atoms with Gasteiger partial charge < -0.3 is 9.32 Å². The highest BCUT2D eigenvalue weighted by molar-refractivity contribution is 7.01. The Labute approximate surface area is 470 Å². The fourth-order valence-corrected chi connectivity index (χ4v) is 15.9. The van der Waals surface area contributed by atoms with Crippen LogP contribution in [0.25, 0.3) is 22.1 Å². The molecule has 404 valence electrons. The van der Waals surface area contributed by atoms with Crippen molar-refractivity contribution in [2.24, 2.45) is 0 Å². The van der Waals surface area contributed by atoms with Crippen LogP contribution in [-0.2, 0) is 48.7 Å². The van der Waals surface area contributed by atoms with Gasteiger partial charge in [-0.05, 0) is 227 Å². The third-order valence-electron chi connectivity index (χ3n) is 21.9. The van der Waals surface area contributed by atoms with Gasteiger partial charge in [-0.3, -0.25) is 4.90 Å². The van der Waals surface area contributed by atoms with Crippen LogP contribution in [0.2, 0.25) is 0 Å². The number of furan rings is 1. The van der Waals surface area contributed by atoms with Crippen LogP contribution in [0.1, 0.15) is 233 Å². The van der Waals surface area contributed by atoms with E-state index >= 15 is 0 Å². The van der Waals surface area contributed by atoms with Gasteiger partial charge in [0, 0.05) is 39.3 Å². The Bertz CT molecular complexity index is 3710. The number of benzene rings is 6. The van der Waals surface area contributed by atoms with E-state index in [9.17, 15) is 0 Å². The number of fused-ring (bicyclic) bond motifs is 10. The lowest BCUT2D eigenvalue weighted by atomic mass is 9.33. The van der Waals surface area contributed by atoms with Gasteiger partial charge in [-0.1, -0.05) is 174 Å². The molecule has 0 atom stereocenters. The second-order valence-corrected chi connectivity index (χ2v) is 32.1. The van der Waals surface area contributed by atoms with E-state index in [1.54, 1.807) is 0 Å². The minimum absolute atomic E-state index is 0.0116. The van der Waals surface area contributed by atoms with Gasteiger partial charge in [0.1, 0.15) is 5.58 Å². The zero-order chi connectivity index (χ0) is 55.6. The molecule has 0 saturated carbocycles. The lowest BCUT2D eigenvalue weighted by molar-refractivity contribution is 0.332. The second kappa shape index (κ2) is 16.1. The summed E-state index contributed by atoms with van der Waals surface area (Å²) in [5.74, 6) is 0.951. The van der Waals surface area contributed by atoms with Crippen molar-refractivity contribution in [1.82, 2.24) is 0 Å². The zero-order valence-electron chi connectivity index (χ0n) is 51.3. The van der Waals surface area contributed by atoms with E-state index in [4.69, 9.17) is 4.42 Å². The summed E-state index contributed by atoms with van der Waals surface area (Å²) in [6, 6.07) is 40.3. The summed E-state index contributed by atoms with van der Waals surface area (Å²) in [6.45, 7) is 46.6. The van der Waals surface area contributed by atoms with Gasteiger partial charge >= 0.3 is 0 Å². The Kier molecular flexibility index (Phi) is 10.7. The molecule has 0 fully saturated rings. The topological polar surface area (TPSA) is 19.6 Å². The monoisotopic (exact) mass is 1030 g/mol. The molecule has 0 spiro atoms. The smallest absolute Gasteiger partial charge is 0.257 e. The average molecular weight is 1030 g/mol. The number of hydrogen-bond donors (Lipinski definition) is 0. The standard InChI is InChI=1S/C74H89BN2O/c1-66(2,3)46-21-27-62-49(39-46)63-65(78-62)77(48-23-26-52-55(41-48)72(14,15)33-30-69(52,8)9)61-38-45(44-20-24-50-53(36-44)70(10,11)31-28-67(50,4)5)37-60-64(61)75(63)58-42-56-57(74(18,19)35-34-73(56,16)17)43-59(58)76(60)47-22-25-51-54(40-47)71(12,13)32-29-68(51,6)7/h20-27,36-43H,28-35H2,1-19H3. The maximum atomic E-state index is 7.62. The van der Waals surface area contributed by atoms with Crippen molar-refractivity contribution in [2.45, 2.75) is 232 Å². The summed E-state index contributed by atoms with van der Waals surface area (Å²) >= 11 is 0. The molecule has 4 heteroatoms. The largest absolute Gasteiger partial charge is 0.440 e. The maximum absolute atomic E-state index is 7.62. The van der Waals surface area contributed by atoms with E-state index in [0.29, 0.717) is 0 Å². The van der Waals surface area contributed by atoms with Gasteiger partial charge in [-0.25, -0.2) is 0 Å². The van der Waals surface area contributed by atoms with Crippen molar-refractivity contribution < 1.29 is 4.42 Å². The molecule has 3 nitrogen and oxygen atoms in total. The highest BCUT2D eigenvalue weighted by atomic mass is 16.4. The number of anilines is 6. The van der Waals surface area contributed by atoms with Gasteiger partial charge in [0.15, 0.2) is 0 Å². The normalized spacial score (nSPS) is 21.9. The van der Waals surface area contributed by atoms with Crippen molar-refractivity contribution in [3.05, 3.63) is 147 Å². The fourth-order valence-electron chi connectivity index (χ4n) is 15.9. The number of hydrogen-bond acceptors (Lipinski definition) is 3. The SMILES string of the molecule is CC(C)(C)c1ccc2oc3c(c2c1)B1c2cc4c(cc2N(c2ccc5c(c2)C(C)(C)CCC5(C)C)c2cc(-c5ccc6c(c5)C(C)(C)CCC6(C)C)cc(c21)N3c1ccc2c(c1)C(C)(C)CCC2(C)C)C(C)(C)CCC4(C)C. The van der Waals surface area contributed by atoms with Gasteiger partial charge in [-0.2, -0.15) is 0 Å². The summed E-state index contributed by atoms with van der Waals surface area (Å²) < 4.78 is 7.62. The van der Waals surface area contributed by atoms with Crippen molar-refractivity contribution in [1.29, 1.82) is 0 Å². The first-order valence-electron chi connectivity index (χ1n) is 30.2. The van der Waals surface area contributed by atoms with Gasteiger partial charge in [-0.15, -0.1) is 0 Å². The Morgan fingerprint density at radius 1 is 0.372 bits per heavy atom. The van der Waals surface area contributed by atoms with E-state index in [-0.39, 0.29) is 55.4 Å². The van der Waals surface area contributed by atoms with E-state index in [2.05, 4.69) is 238 Å². The molecule has 7 aromatic rings. The summed E-state index contributed by atoms with van der Waals surface area (Å²) in [7, 11) is 0. The maximum Gasteiger partial charge on any atom is 0.257 e. The van der Waals surface area contributed by atoms with Crippen molar-refractivity contribution in [2.75, 3.05) is 9.80 Å². The molecule has 3 heterocycles. The van der Waals surface area contributed by atoms with Gasteiger partial charge in [0.25, 0.3) is 6.71 Å². The first-order valence-corrected chi connectivity index (χ1v) is 30.2. The van der Waals surface area contributed by atoms with Crippen LogP contribution in [0.3, 0.4) is 0 Å². The molecule has 0 saturated heterocycles. The molecule has 6 aromatic carbocycles. The predicted octanol–water partition coefficient (Wildman–Crippen LogP) is 18.9. The predicted molar refractivity (Wildman–Crippen MR) is 336 cm³/mol. The molecule has 0 radical (unpaired) electrons. The zero-order valence-corrected chi connectivity index (χ0v) is 51.3. The molecule has 13 rings (SSSR count). The lowest BCUT2D eigenvalue weighted by Gasteiger charge is -2.47. The van der Waals surface area contributed by atoms with Crippen LogP contribution in [0.5, 0.6) is 0 Å². The van der Waals surface area contributed by atoms with Crippen LogP contribution in [0, 0.1) is 0 Å². The highest BCUT2D eigenvalue weighted by Crippen LogP contribution is 2.56. The first kappa shape index (κ1) is 51.9. The summed E-state index contributed by atoms with van der Waals surface area (Å²) in [5.41, 5.74) is 27.3. The molecule has 0 unspecified atom stereocenters. The Morgan fingerprint density at radius 3 is 1.27 bits per heavy atom. The van der Waals surface area contributed by atoms with Crippen molar-refractivity contribution in [3.63, 3.8) is 0 Å². The van der Waals surface area contributed by atoms with Gasteiger partial charge in [0.05, 0.1) is 0 Å². The second-order valence-electron chi connectivity index (χ2n) is 32.1. The molecule has 0 N–H and O–H groups in total. The Hall–Kier alpha value is -5.48. The molecular weight excluding hydrogens is 944 g/mol. The Morgan fingerprint density at radius 2 is 0.782 bits per heavy atom. The third-order valence-corrected chi connectivity index (χ3v) is 21.9. The lowest BCUT2D eigenvalue weighted by Crippen LogP contribution is -2.61. The first-order chi connectivity index (χ1) is 36.2. The highest BCUT2D eigenvalue weighted by Gasteiger charge is 2.50. The summed E-state index contributed by atoms with van der Waals surface area (Å²) in [4.78, 5) is 5.33. The van der Waals surface area contributed by atoms with Gasteiger partial charge in [0.2, 0.25) is 5.88 Å². The molecule has 0 bridgehead atoms. The number of rotatable bonds is 3. The van der Waals surface area contributed by atoms with E-state index in [0.717, 1.165) is 30.7 Å². The summed E-state index contributed by atoms with van der Waals surface area (Å²) in [6.07, 6.45) is 9.36. The van der Waals surface area contributed by atoms with E-state index in [1.807, 2.05) is 0 Å². The Balaban J connectivity index is 1.20. The minimum Gasteiger partial charge on any atom is -0.440 e. The third kappa shape index (κ3) is 7.55. The number of nitrogens with zero attached hydrogens (tertiary/aromatic N) is 2. The fraction of sp³-hybridized carbons (Fsp3) is 0.486. The molecule has 0 amide bonds. The average Bonchev–Trinajstić information content (AvgIpc) is 2.82. The van der Waals surface area contributed by atoms with E-state index < -0.39 is 0 Å². The van der Waals surface area contributed by atoms with Crippen LogP contribution in [-0.4, -0.2) is 6.71 Å². The van der Waals surface area contributed by atoms with Crippen LogP contribution in [0.4, 0.5) is 34.3 Å².